The molecule has 0 aromatic heterocycles. The van der Waals surface area contributed by atoms with Crippen LogP contribution in [0, 0.1) is 0 Å². The Hall–Kier alpha value is -1.46. The van der Waals surface area contributed by atoms with E-state index in [1.807, 2.05) is 24.3 Å². The van der Waals surface area contributed by atoms with Crippen LogP contribution in [0.15, 0.2) is 41.3 Å². The van der Waals surface area contributed by atoms with E-state index in [0.29, 0.717) is 0 Å². The van der Waals surface area contributed by atoms with Crippen LogP contribution in [0.5, 0.6) is 0 Å². The molecule has 0 heterocycles. The molecule has 4 nitrogen and oxygen atoms in total. The summed E-state index contributed by atoms with van der Waals surface area (Å²) in [4.78, 5) is 11.3. The summed E-state index contributed by atoms with van der Waals surface area (Å²) in [7, 11) is 0. The SMILES string of the molecule is Nc1ccc(SNCCCC/C=C/C(=O)O)cc1. The molecule has 4 N–H and O–H groups in total. The number of allylic oxidation sites excluding steroid dienone is 1. The molecule has 0 fully saturated rings. The molecule has 0 bridgehead atoms. The van der Waals surface area contributed by atoms with E-state index < -0.39 is 5.97 Å². The number of hydrogen-bond donors (Lipinski definition) is 3. The topological polar surface area (TPSA) is 75.3 Å². The Balaban J connectivity index is 2.02. The van der Waals surface area contributed by atoms with Gasteiger partial charge in [-0.15, -0.1) is 0 Å². The second kappa shape index (κ2) is 8.60. The van der Waals surface area contributed by atoms with Gasteiger partial charge in [-0.2, -0.15) is 0 Å². The zero-order valence-electron chi connectivity index (χ0n) is 10.1. The minimum absolute atomic E-state index is 0.768. The highest BCUT2D eigenvalue weighted by Crippen LogP contribution is 2.15. The van der Waals surface area contributed by atoms with Gasteiger partial charge < -0.3 is 10.8 Å². The van der Waals surface area contributed by atoms with Gasteiger partial charge in [0.15, 0.2) is 0 Å². The molecular formula is C13H18N2O2S. The van der Waals surface area contributed by atoms with Crippen molar-refractivity contribution in [2.24, 2.45) is 0 Å². The van der Waals surface area contributed by atoms with Crippen LogP contribution in [-0.2, 0) is 4.79 Å². The predicted octanol–water partition coefficient (Wildman–Crippen LogP) is 2.68. The fraction of sp³-hybridized carbons (Fsp3) is 0.308. The van der Waals surface area contributed by atoms with Crippen LogP contribution in [0.4, 0.5) is 5.69 Å². The minimum Gasteiger partial charge on any atom is -0.478 e. The molecule has 18 heavy (non-hydrogen) atoms. The van der Waals surface area contributed by atoms with Crippen LogP contribution in [0.3, 0.4) is 0 Å². The molecule has 0 spiro atoms. The molecule has 1 aromatic carbocycles. The van der Waals surface area contributed by atoms with Gasteiger partial charge in [-0.05, 0) is 55.5 Å². The van der Waals surface area contributed by atoms with Crippen molar-refractivity contribution < 1.29 is 9.90 Å². The Bertz CT molecular complexity index is 390. The third-order valence-electron chi connectivity index (χ3n) is 2.23. The number of unbranched alkanes of at least 4 members (excludes halogenated alkanes) is 2. The molecule has 0 aliphatic heterocycles. The first-order chi connectivity index (χ1) is 8.68. The molecule has 0 aliphatic rings. The number of benzene rings is 1. The van der Waals surface area contributed by atoms with Crippen molar-refractivity contribution in [3.05, 3.63) is 36.4 Å². The summed E-state index contributed by atoms with van der Waals surface area (Å²) in [5.74, 6) is -0.882. The lowest BCUT2D eigenvalue weighted by atomic mass is 10.2. The molecule has 0 radical (unpaired) electrons. The van der Waals surface area contributed by atoms with E-state index in [-0.39, 0.29) is 0 Å². The Labute approximate surface area is 111 Å². The first kappa shape index (κ1) is 14.6. The Morgan fingerprint density at radius 1 is 1.33 bits per heavy atom. The summed E-state index contributed by atoms with van der Waals surface area (Å²) < 4.78 is 3.26. The van der Waals surface area contributed by atoms with E-state index in [9.17, 15) is 4.79 Å². The maximum atomic E-state index is 10.2. The molecule has 0 saturated heterocycles. The molecule has 0 saturated carbocycles. The van der Waals surface area contributed by atoms with E-state index in [1.165, 1.54) is 6.08 Å². The molecule has 98 valence electrons. The van der Waals surface area contributed by atoms with Crippen LogP contribution < -0.4 is 10.5 Å². The number of nitrogen functional groups attached to an aromatic ring is 1. The van der Waals surface area contributed by atoms with E-state index in [0.717, 1.165) is 36.4 Å². The maximum absolute atomic E-state index is 10.2. The maximum Gasteiger partial charge on any atom is 0.327 e. The lowest BCUT2D eigenvalue weighted by Gasteiger charge is -2.03. The van der Waals surface area contributed by atoms with E-state index >= 15 is 0 Å². The van der Waals surface area contributed by atoms with Crippen molar-refractivity contribution in [3.63, 3.8) is 0 Å². The van der Waals surface area contributed by atoms with Crippen LogP contribution in [0.2, 0.25) is 0 Å². The van der Waals surface area contributed by atoms with Gasteiger partial charge in [-0.1, -0.05) is 6.08 Å². The van der Waals surface area contributed by atoms with Crippen molar-refractivity contribution >= 4 is 23.6 Å². The number of anilines is 1. The molecule has 0 amide bonds. The van der Waals surface area contributed by atoms with Crippen molar-refractivity contribution in [3.8, 4) is 0 Å². The van der Waals surface area contributed by atoms with Gasteiger partial charge in [0.05, 0.1) is 0 Å². The van der Waals surface area contributed by atoms with Gasteiger partial charge in [-0.3, -0.25) is 4.72 Å². The van der Waals surface area contributed by atoms with E-state index in [4.69, 9.17) is 10.8 Å². The third-order valence-corrected chi connectivity index (χ3v) is 3.09. The number of nitrogens with two attached hydrogens (primary N) is 1. The number of carbonyl (C=O) groups is 1. The van der Waals surface area contributed by atoms with Crippen molar-refractivity contribution in [2.75, 3.05) is 12.3 Å². The molecule has 1 rings (SSSR count). The normalized spacial score (nSPS) is 10.9. The summed E-state index contributed by atoms with van der Waals surface area (Å²) in [6.07, 6.45) is 5.69. The number of hydrogen-bond acceptors (Lipinski definition) is 4. The number of carboxylic acids is 1. The third kappa shape index (κ3) is 6.98. The van der Waals surface area contributed by atoms with Crippen LogP contribution in [0.25, 0.3) is 0 Å². The molecule has 0 aliphatic carbocycles. The molecule has 1 aromatic rings. The summed E-state index contributed by atoms with van der Waals surface area (Å²) in [5, 5.41) is 8.39. The van der Waals surface area contributed by atoms with E-state index in [2.05, 4.69) is 4.72 Å². The average Bonchev–Trinajstić information content (AvgIpc) is 2.34. The molecule has 0 atom stereocenters. The van der Waals surface area contributed by atoms with Crippen molar-refractivity contribution in [1.29, 1.82) is 0 Å². The van der Waals surface area contributed by atoms with Gasteiger partial charge in [0.1, 0.15) is 0 Å². The molecule has 0 unspecified atom stereocenters. The van der Waals surface area contributed by atoms with Gasteiger partial charge in [0.25, 0.3) is 0 Å². The van der Waals surface area contributed by atoms with Gasteiger partial charge in [-0.25, -0.2) is 4.79 Å². The number of nitrogens with one attached hydrogen (secondary N) is 1. The van der Waals surface area contributed by atoms with Gasteiger partial charge >= 0.3 is 5.97 Å². The van der Waals surface area contributed by atoms with E-state index in [1.54, 1.807) is 18.0 Å². The summed E-state index contributed by atoms with van der Waals surface area (Å²) in [6.45, 7) is 0.899. The summed E-state index contributed by atoms with van der Waals surface area (Å²) >= 11 is 1.58. The lowest BCUT2D eigenvalue weighted by Crippen LogP contribution is -2.04. The standard InChI is InChI=1S/C13H18N2O2S/c14-11-6-8-12(9-7-11)18-15-10-4-2-1-3-5-13(16)17/h3,5-9,15H,1-2,4,10,14H2,(H,16,17)/b5-3+. The molecular weight excluding hydrogens is 248 g/mol. The smallest absolute Gasteiger partial charge is 0.327 e. The monoisotopic (exact) mass is 266 g/mol. The fourth-order valence-corrected chi connectivity index (χ4v) is 2.00. The van der Waals surface area contributed by atoms with Gasteiger partial charge in [0.2, 0.25) is 0 Å². The molecule has 5 heteroatoms. The summed E-state index contributed by atoms with van der Waals surface area (Å²) in [6, 6.07) is 7.70. The quantitative estimate of drug-likeness (QED) is 0.292. The predicted molar refractivity (Wildman–Crippen MR) is 75.3 cm³/mol. The highest BCUT2D eigenvalue weighted by Gasteiger charge is 1.93. The van der Waals surface area contributed by atoms with Gasteiger partial charge in [0, 0.05) is 23.2 Å². The zero-order valence-corrected chi connectivity index (χ0v) is 11.0. The number of carboxylic acid groups (broad SMARTS) is 1. The van der Waals surface area contributed by atoms with Crippen LogP contribution in [0.1, 0.15) is 19.3 Å². The second-order valence-electron chi connectivity index (χ2n) is 3.80. The Morgan fingerprint density at radius 3 is 2.72 bits per heavy atom. The minimum atomic E-state index is -0.882. The highest BCUT2D eigenvalue weighted by atomic mass is 32.2. The largest absolute Gasteiger partial charge is 0.478 e. The van der Waals surface area contributed by atoms with Crippen LogP contribution in [-0.4, -0.2) is 17.6 Å². The highest BCUT2D eigenvalue weighted by molar-refractivity contribution is 7.97. The van der Waals surface area contributed by atoms with Crippen molar-refractivity contribution in [1.82, 2.24) is 4.72 Å². The summed E-state index contributed by atoms with van der Waals surface area (Å²) in [5.41, 5.74) is 6.36. The fourth-order valence-electron chi connectivity index (χ4n) is 1.31. The lowest BCUT2D eigenvalue weighted by molar-refractivity contribution is -0.131. The number of aliphatic carboxylic acids is 1. The average molecular weight is 266 g/mol. The first-order valence-corrected chi connectivity index (χ1v) is 6.65. The van der Waals surface area contributed by atoms with Crippen molar-refractivity contribution in [2.45, 2.75) is 24.2 Å². The second-order valence-corrected chi connectivity index (χ2v) is 4.77. The Morgan fingerprint density at radius 2 is 2.06 bits per heavy atom. The Kier molecular flexibility index (Phi) is 6.98. The number of rotatable bonds is 8. The zero-order chi connectivity index (χ0) is 13.2. The van der Waals surface area contributed by atoms with Crippen LogP contribution >= 0.6 is 11.9 Å². The first-order valence-electron chi connectivity index (χ1n) is 5.83.